The number of aromatic nitrogens is 1. The second-order valence-electron chi connectivity index (χ2n) is 4.30. The average Bonchev–Trinajstić information content (AvgIpc) is 2.35. The molecule has 1 aromatic carbocycles. The molecule has 0 spiro atoms. The first-order chi connectivity index (χ1) is 8.56. The van der Waals surface area contributed by atoms with Crippen molar-refractivity contribution in [3.05, 3.63) is 52.8 Å². The Morgan fingerprint density at radius 1 is 1.28 bits per heavy atom. The van der Waals surface area contributed by atoms with E-state index in [4.69, 9.17) is 11.6 Å². The maximum absolute atomic E-state index is 9.85. The van der Waals surface area contributed by atoms with Crippen LogP contribution in [-0.2, 0) is 0 Å². The lowest BCUT2D eigenvalue weighted by molar-refractivity contribution is 0.465. The van der Waals surface area contributed by atoms with Gasteiger partial charge in [-0.25, -0.2) is 4.98 Å². The fourth-order valence-corrected chi connectivity index (χ4v) is 1.92. The molecular weight excluding hydrogens is 248 g/mol. The highest BCUT2D eigenvalue weighted by atomic mass is 35.5. The predicted molar refractivity (Wildman–Crippen MR) is 74.1 cm³/mol. The van der Waals surface area contributed by atoms with E-state index in [9.17, 15) is 5.11 Å². The predicted octanol–water partition coefficient (Wildman–Crippen LogP) is 3.92. The summed E-state index contributed by atoms with van der Waals surface area (Å²) >= 11 is 5.73. The number of benzene rings is 1. The van der Waals surface area contributed by atoms with Gasteiger partial charge in [-0.05, 0) is 32.0 Å². The van der Waals surface area contributed by atoms with Gasteiger partial charge in [0.25, 0.3) is 0 Å². The Morgan fingerprint density at radius 2 is 2.06 bits per heavy atom. The van der Waals surface area contributed by atoms with E-state index in [2.05, 4.69) is 10.3 Å². The first-order valence-corrected chi connectivity index (χ1v) is 6.11. The normalized spacial score (nSPS) is 12.2. The lowest BCUT2D eigenvalue weighted by Gasteiger charge is -2.17. The molecule has 1 atom stereocenters. The van der Waals surface area contributed by atoms with Gasteiger partial charge in [-0.1, -0.05) is 29.3 Å². The second kappa shape index (κ2) is 5.27. The minimum absolute atomic E-state index is 0.00660. The minimum Gasteiger partial charge on any atom is -0.508 e. The van der Waals surface area contributed by atoms with Gasteiger partial charge in [0.05, 0.1) is 17.9 Å². The van der Waals surface area contributed by atoms with E-state index in [0.29, 0.717) is 10.9 Å². The van der Waals surface area contributed by atoms with Crippen molar-refractivity contribution in [3.63, 3.8) is 0 Å². The maximum Gasteiger partial charge on any atom is 0.129 e. The van der Waals surface area contributed by atoms with Crippen LogP contribution in [0, 0.1) is 6.92 Å². The van der Waals surface area contributed by atoms with Gasteiger partial charge in [0.1, 0.15) is 10.9 Å². The molecule has 0 bridgehead atoms. The largest absolute Gasteiger partial charge is 0.508 e. The van der Waals surface area contributed by atoms with Crippen molar-refractivity contribution in [2.75, 3.05) is 5.32 Å². The van der Waals surface area contributed by atoms with E-state index in [1.54, 1.807) is 18.3 Å². The maximum atomic E-state index is 9.85. The Labute approximate surface area is 111 Å². The summed E-state index contributed by atoms with van der Waals surface area (Å²) in [5.74, 6) is 0.294. The Kier molecular flexibility index (Phi) is 3.72. The van der Waals surface area contributed by atoms with Crippen LogP contribution in [0.25, 0.3) is 0 Å². The van der Waals surface area contributed by atoms with Crippen LogP contribution in [0.2, 0.25) is 5.15 Å². The lowest BCUT2D eigenvalue weighted by Crippen LogP contribution is -2.07. The molecule has 0 saturated carbocycles. The van der Waals surface area contributed by atoms with Crippen molar-refractivity contribution < 1.29 is 5.11 Å². The SMILES string of the molecule is Cc1ccc(O)c(C(C)Nc2ccc(Cl)nc2)c1. The number of phenols is 1. The number of rotatable bonds is 3. The third-order valence-electron chi connectivity index (χ3n) is 2.76. The Morgan fingerprint density at radius 3 is 2.72 bits per heavy atom. The van der Waals surface area contributed by atoms with Crippen molar-refractivity contribution >= 4 is 17.3 Å². The van der Waals surface area contributed by atoms with Gasteiger partial charge in [-0.15, -0.1) is 0 Å². The molecule has 2 rings (SSSR count). The van der Waals surface area contributed by atoms with Gasteiger partial charge in [0, 0.05) is 5.56 Å². The summed E-state index contributed by atoms with van der Waals surface area (Å²) in [5, 5.41) is 13.6. The molecule has 0 radical (unpaired) electrons. The number of anilines is 1. The summed E-state index contributed by atoms with van der Waals surface area (Å²) in [7, 11) is 0. The van der Waals surface area contributed by atoms with Crippen molar-refractivity contribution in [1.29, 1.82) is 0 Å². The molecule has 1 heterocycles. The smallest absolute Gasteiger partial charge is 0.129 e. The topological polar surface area (TPSA) is 45.1 Å². The molecular formula is C14H15ClN2O. The Balaban J connectivity index is 2.18. The van der Waals surface area contributed by atoms with E-state index in [1.165, 1.54) is 0 Å². The van der Waals surface area contributed by atoms with Crippen molar-refractivity contribution in [2.45, 2.75) is 19.9 Å². The summed E-state index contributed by atoms with van der Waals surface area (Å²) in [5.41, 5.74) is 2.85. The number of pyridine rings is 1. The zero-order valence-electron chi connectivity index (χ0n) is 10.3. The standard InChI is InChI=1S/C14H15ClN2O/c1-9-3-5-13(18)12(7-9)10(2)17-11-4-6-14(15)16-8-11/h3-8,10,17-18H,1-2H3. The van der Waals surface area contributed by atoms with E-state index >= 15 is 0 Å². The lowest BCUT2D eigenvalue weighted by atomic mass is 10.0. The van der Waals surface area contributed by atoms with Gasteiger partial charge in [-0.2, -0.15) is 0 Å². The van der Waals surface area contributed by atoms with Crippen LogP contribution in [0.4, 0.5) is 5.69 Å². The number of aryl methyl sites for hydroxylation is 1. The summed E-state index contributed by atoms with van der Waals surface area (Å²) in [6, 6.07) is 9.15. The first kappa shape index (κ1) is 12.7. The van der Waals surface area contributed by atoms with Crippen LogP contribution in [0.1, 0.15) is 24.1 Å². The molecule has 4 heteroatoms. The van der Waals surface area contributed by atoms with E-state index in [1.807, 2.05) is 32.0 Å². The fourth-order valence-electron chi connectivity index (χ4n) is 1.81. The van der Waals surface area contributed by atoms with Crippen LogP contribution in [0.15, 0.2) is 36.5 Å². The van der Waals surface area contributed by atoms with Gasteiger partial charge < -0.3 is 10.4 Å². The minimum atomic E-state index is -0.00660. The molecule has 0 fully saturated rings. The van der Waals surface area contributed by atoms with Crippen LogP contribution >= 0.6 is 11.6 Å². The van der Waals surface area contributed by atoms with Crippen LogP contribution in [0.5, 0.6) is 5.75 Å². The number of halogens is 1. The first-order valence-electron chi connectivity index (χ1n) is 5.74. The molecule has 0 aliphatic carbocycles. The Bertz CT molecular complexity index is 540. The summed E-state index contributed by atoms with van der Waals surface area (Å²) in [6.45, 7) is 3.99. The molecule has 0 aliphatic heterocycles. The number of aromatic hydroxyl groups is 1. The zero-order chi connectivity index (χ0) is 13.1. The van der Waals surface area contributed by atoms with Crippen molar-refractivity contribution in [1.82, 2.24) is 4.98 Å². The van der Waals surface area contributed by atoms with E-state index in [0.717, 1.165) is 16.8 Å². The van der Waals surface area contributed by atoms with Gasteiger partial charge in [0.2, 0.25) is 0 Å². The molecule has 0 aliphatic rings. The van der Waals surface area contributed by atoms with Crippen molar-refractivity contribution in [3.8, 4) is 5.75 Å². The highest BCUT2D eigenvalue weighted by Crippen LogP contribution is 2.27. The molecule has 0 saturated heterocycles. The molecule has 2 N–H and O–H groups in total. The molecule has 1 aromatic heterocycles. The second-order valence-corrected chi connectivity index (χ2v) is 4.69. The van der Waals surface area contributed by atoms with Gasteiger partial charge >= 0.3 is 0 Å². The third-order valence-corrected chi connectivity index (χ3v) is 2.98. The van der Waals surface area contributed by atoms with Crippen LogP contribution in [-0.4, -0.2) is 10.1 Å². The van der Waals surface area contributed by atoms with Crippen molar-refractivity contribution in [2.24, 2.45) is 0 Å². The monoisotopic (exact) mass is 262 g/mol. The zero-order valence-corrected chi connectivity index (χ0v) is 11.1. The molecule has 0 amide bonds. The number of hydrogen-bond donors (Lipinski definition) is 2. The third kappa shape index (κ3) is 2.93. The van der Waals surface area contributed by atoms with Gasteiger partial charge in [0.15, 0.2) is 0 Å². The van der Waals surface area contributed by atoms with Gasteiger partial charge in [-0.3, -0.25) is 0 Å². The number of phenolic OH excluding ortho intramolecular Hbond substituents is 1. The summed E-state index contributed by atoms with van der Waals surface area (Å²) in [4.78, 5) is 4.01. The molecule has 2 aromatic rings. The molecule has 94 valence electrons. The average molecular weight is 263 g/mol. The van der Waals surface area contributed by atoms with Crippen LogP contribution in [0.3, 0.4) is 0 Å². The Hall–Kier alpha value is -1.74. The molecule has 3 nitrogen and oxygen atoms in total. The highest BCUT2D eigenvalue weighted by Gasteiger charge is 2.10. The van der Waals surface area contributed by atoms with E-state index in [-0.39, 0.29) is 6.04 Å². The molecule has 1 unspecified atom stereocenters. The number of nitrogens with one attached hydrogen (secondary N) is 1. The van der Waals surface area contributed by atoms with Crippen LogP contribution < -0.4 is 5.32 Å². The summed E-state index contributed by atoms with van der Waals surface area (Å²) in [6.07, 6.45) is 1.67. The number of hydrogen-bond acceptors (Lipinski definition) is 3. The number of nitrogens with zero attached hydrogens (tertiary/aromatic N) is 1. The summed E-state index contributed by atoms with van der Waals surface area (Å²) < 4.78 is 0. The molecule has 18 heavy (non-hydrogen) atoms. The fraction of sp³-hybridized carbons (Fsp3) is 0.214. The van der Waals surface area contributed by atoms with E-state index < -0.39 is 0 Å². The quantitative estimate of drug-likeness (QED) is 0.824. The highest BCUT2D eigenvalue weighted by molar-refractivity contribution is 6.29.